The van der Waals surface area contributed by atoms with Crippen LogP contribution in [-0.2, 0) is 20.3 Å². The number of alkyl halides is 3. The molecule has 118 valence electrons. The van der Waals surface area contributed by atoms with Crippen LogP contribution in [0.25, 0.3) is 0 Å². The lowest BCUT2D eigenvalue weighted by molar-refractivity contribution is -0.274. The third-order valence-corrected chi connectivity index (χ3v) is 3.65. The molecule has 1 N–H and O–H groups in total. The van der Waals surface area contributed by atoms with Crippen LogP contribution in [0.1, 0.15) is 12.5 Å². The van der Waals surface area contributed by atoms with E-state index in [1.54, 1.807) is 0 Å². The highest BCUT2D eigenvalue weighted by Gasteiger charge is 2.31. The van der Waals surface area contributed by atoms with E-state index in [1.165, 1.54) is 19.1 Å². The van der Waals surface area contributed by atoms with Crippen molar-refractivity contribution >= 4 is 13.4 Å². The second-order valence-corrected chi connectivity index (χ2v) is 5.97. The summed E-state index contributed by atoms with van der Waals surface area (Å²) >= 11 is 0. The quantitative estimate of drug-likeness (QED) is 0.780. The van der Waals surface area contributed by atoms with Gasteiger partial charge in [-0.25, -0.2) is 0 Å². The highest BCUT2D eigenvalue weighted by atomic mass is 31.2. The number of hydrogen-bond acceptors (Lipinski definition) is 4. The van der Waals surface area contributed by atoms with Crippen molar-refractivity contribution in [2.24, 2.45) is 0 Å². The van der Waals surface area contributed by atoms with Gasteiger partial charge >= 0.3 is 14.0 Å². The molecule has 0 spiro atoms. The van der Waals surface area contributed by atoms with Crippen molar-refractivity contribution in [2.75, 3.05) is 12.8 Å². The molecule has 1 rings (SSSR count). The van der Waals surface area contributed by atoms with Crippen molar-refractivity contribution in [1.29, 1.82) is 0 Å². The average Bonchev–Trinajstić information content (AvgIpc) is 2.25. The number of Topliss-reactive ketones (excluding diaryl/α,β-unsaturated/α-hetero) is 1. The molecule has 0 saturated carbocycles. The smallest absolute Gasteiger partial charge is 0.406 e. The number of ketones is 1. The van der Waals surface area contributed by atoms with Gasteiger partial charge in [0, 0.05) is 6.42 Å². The number of hydrogen-bond donors (Lipinski definition) is 1. The Morgan fingerprint density at radius 2 is 2.05 bits per heavy atom. The molecule has 1 aromatic carbocycles. The maximum absolute atomic E-state index is 12.1. The van der Waals surface area contributed by atoms with Gasteiger partial charge in [-0.05, 0) is 24.6 Å². The zero-order chi connectivity index (χ0) is 16.1. The standard InChI is InChI=1S/C12H14F3O5P/c1-2-19-21(17,18)8-10(16)6-9-4-3-5-11(7-9)20-12(13,14)15/h3-5,7H,2,6,8H2,1H3,(H,17,18). The topological polar surface area (TPSA) is 72.8 Å². The van der Waals surface area contributed by atoms with Crippen LogP contribution in [0.5, 0.6) is 5.75 Å². The summed E-state index contributed by atoms with van der Waals surface area (Å²) in [5.41, 5.74) is 0.248. The van der Waals surface area contributed by atoms with Crippen molar-refractivity contribution in [2.45, 2.75) is 19.7 Å². The lowest BCUT2D eigenvalue weighted by atomic mass is 10.1. The molecule has 0 bridgehead atoms. The van der Waals surface area contributed by atoms with Crippen LogP contribution in [-0.4, -0.2) is 29.8 Å². The Morgan fingerprint density at radius 3 is 2.62 bits per heavy atom. The fourth-order valence-corrected chi connectivity index (χ4v) is 2.66. The molecule has 0 fully saturated rings. The van der Waals surface area contributed by atoms with Crippen molar-refractivity contribution < 1.29 is 36.7 Å². The molecule has 9 heteroatoms. The van der Waals surface area contributed by atoms with Crippen molar-refractivity contribution in [3.63, 3.8) is 0 Å². The third kappa shape index (κ3) is 7.27. The molecule has 0 aliphatic carbocycles. The first-order valence-electron chi connectivity index (χ1n) is 5.94. The predicted octanol–water partition coefficient (Wildman–Crippen LogP) is 2.92. The Hall–Kier alpha value is -1.37. The minimum atomic E-state index is -4.82. The Bertz CT molecular complexity index is 544. The van der Waals surface area contributed by atoms with E-state index in [0.29, 0.717) is 0 Å². The van der Waals surface area contributed by atoms with E-state index in [4.69, 9.17) is 0 Å². The summed E-state index contributed by atoms with van der Waals surface area (Å²) in [5.74, 6) is -1.07. The molecule has 0 amide bonds. The summed E-state index contributed by atoms with van der Waals surface area (Å²) in [5, 5.41) is 0. The number of halogens is 3. The normalized spacial score (nSPS) is 14.5. The summed E-state index contributed by atoms with van der Waals surface area (Å²) in [6, 6.07) is 4.86. The first kappa shape index (κ1) is 17.7. The van der Waals surface area contributed by atoms with Crippen LogP contribution in [0.2, 0.25) is 0 Å². The minimum Gasteiger partial charge on any atom is -0.406 e. The van der Waals surface area contributed by atoms with Crippen LogP contribution in [0.3, 0.4) is 0 Å². The lowest BCUT2D eigenvalue weighted by Crippen LogP contribution is -2.17. The summed E-state index contributed by atoms with van der Waals surface area (Å²) in [7, 11) is -3.99. The van der Waals surface area contributed by atoms with Gasteiger partial charge < -0.3 is 14.2 Å². The van der Waals surface area contributed by atoms with E-state index in [9.17, 15) is 27.4 Å². The maximum atomic E-state index is 12.1. The zero-order valence-electron chi connectivity index (χ0n) is 11.1. The molecule has 5 nitrogen and oxygen atoms in total. The predicted molar refractivity (Wildman–Crippen MR) is 68.2 cm³/mol. The lowest BCUT2D eigenvalue weighted by Gasteiger charge is -2.11. The van der Waals surface area contributed by atoms with Crippen molar-refractivity contribution in [3.8, 4) is 5.75 Å². The van der Waals surface area contributed by atoms with Gasteiger partial charge in [0.15, 0.2) is 0 Å². The molecule has 0 heterocycles. The maximum Gasteiger partial charge on any atom is 0.573 e. The van der Waals surface area contributed by atoms with Crippen LogP contribution in [0, 0.1) is 0 Å². The molecule has 1 aromatic rings. The van der Waals surface area contributed by atoms with Crippen LogP contribution >= 0.6 is 7.60 Å². The summed E-state index contributed by atoms with van der Waals surface area (Å²) in [4.78, 5) is 20.9. The fraction of sp³-hybridized carbons (Fsp3) is 0.417. The van der Waals surface area contributed by atoms with E-state index in [1.807, 2.05) is 0 Å². The molecule has 21 heavy (non-hydrogen) atoms. The van der Waals surface area contributed by atoms with Crippen LogP contribution < -0.4 is 4.74 Å². The molecular formula is C12H14F3O5P. The van der Waals surface area contributed by atoms with Gasteiger partial charge in [-0.2, -0.15) is 0 Å². The van der Waals surface area contributed by atoms with Gasteiger partial charge in [-0.3, -0.25) is 9.36 Å². The van der Waals surface area contributed by atoms with E-state index in [0.717, 1.165) is 12.1 Å². The number of benzene rings is 1. The highest BCUT2D eigenvalue weighted by molar-refractivity contribution is 7.53. The Labute approximate surface area is 119 Å². The first-order valence-corrected chi connectivity index (χ1v) is 7.70. The largest absolute Gasteiger partial charge is 0.573 e. The number of carbonyl (C=O) groups is 1. The van der Waals surface area contributed by atoms with E-state index < -0.39 is 31.7 Å². The molecule has 1 unspecified atom stereocenters. The molecule has 0 radical (unpaired) electrons. The molecule has 1 atom stereocenters. The summed E-state index contributed by atoms with van der Waals surface area (Å²) < 4.78 is 55.9. The number of ether oxygens (including phenoxy) is 1. The fourth-order valence-electron chi connectivity index (χ4n) is 1.61. The zero-order valence-corrected chi connectivity index (χ0v) is 12.0. The van der Waals surface area contributed by atoms with Crippen LogP contribution in [0.15, 0.2) is 24.3 Å². The van der Waals surface area contributed by atoms with Gasteiger partial charge in [0.1, 0.15) is 17.7 Å². The van der Waals surface area contributed by atoms with Crippen LogP contribution in [0.4, 0.5) is 13.2 Å². The van der Waals surface area contributed by atoms with Crippen molar-refractivity contribution in [3.05, 3.63) is 29.8 Å². The van der Waals surface area contributed by atoms with Gasteiger partial charge in [-0.1, -0.05) is 12.1 Å². The number of carbonyl (C=O) groups excluding carboxylic acids is 1. The van der Waals surface area contributed by atoms with E-state index in [-0.39, 0.29) is 18.6 Å². The van der Waals surface area contributed by atoms with Crippen molar-refractivity contribution in [1.82, 2.24) is 0 Å². The number of rotatable bonds is 7. The second kappa shape index (κ2) is 7.06. The molecule has 0 aliphatic rings. The Balaban J connectivity index is 2.69. The van der Waals surface area contributed by atoms with E-state index in [2.05, 4.69) is 9.26 Å². The average molecular weight is 326 g/mol. The van der Waals surface area contributed by atoms with Gasteiger partial charge in [-0.15, -0.1) is 13.2 Å². The molecule has 0 aromatic heterocycles. The monoisotopic (exact) mass is 326 g/mol. The Kier molecular flexibility index (Phi) is 5.95. The summed E-state index contributed by atoms with van der Waals surface area (Å²) in [6.07, 6.45) is -5.80. The highest BCUT2D eigenvalue weighted by Crippen LogP contribution is 2.41. The minimum absolute atomic E-state index is 0.0179. The molecule has 0 aliphatic heterocycles. The Morgan fingerprint density at radius 1 is 1.38 bits per heavy atom. The summed E-state index contributed by atoms with van der Waals surface area (Å²) in [6.45, 7) is 1.49. The van der Waals surface area contributed by atoms with Gasteiger partial charge in [0.2, 0.25) is 0 Å². The molecular weight excluding hydrogens is 312 g/mol. The first-order chi connectivity index (χ1) is 9.61. The SMILES string of the molecule is CCOP(=O)(O)CC(=O)Cc1cccc(OC(F)(F)F)c1. The van der Waals surface area contributed by atoms with E-state index >= 15 is 0 Å². The molecule has 0 saturated heterocycles. The van der Waals surface area contributed by atoms with Gasteiger partial charge in [0.05, 0.1) is 6.61 Å². The van der Waals surface area contributed by atoms with Gasteiger partial charge in [0.25, 0.3) is 0 Å². The second-order valence-electron chi connectivity index (χ2n) is 4.12. The third-order valence-electron chi connectivity index (χ3n) is 2.24.